The number of rotatable bonds is 6. The fraction of sp³-hybridized carbons (Fsp3) is 0.600. The second-order valence-corrected chi connectivity index (χ2v) is 6.49. The molecule has 0 unspecified atom stereocenters. The van der Waals surface area contributed by atoms with Gasteiger partial charge in [-0.2, -0.15) is 0 Å². The number of nitrogens with one attached hydrogen (secondary N) is 1. The predicted molar refractivity (Wildman–Crippen MR) is 82.8 cm³/mol. The third-order valence-corrected chi connectivity index (χ3v) is 3.64. The van der Waals surface area contributed by atoms with Gasteiger partial charge in [-0.25, -0.2) is 0 Å². The van der Waals surface area contributed by atoms with Gasteiger partial charge in [-0.05, 0) is 36.8 Å². The molecule has 0 fully saturated rings. The smallest absolute Gasteiger partial charge is 0.0823 e. The van der Waals surface area contributed by atoms with Gasteiger partial charge < -0.3 is 5.32 Å². The monoisotopic (exact) mass is 287 g/mol. The zero-order valence-corrected chi connectivity index (χ0v) is 13.1. The summed E-state index contributed by atoms with van der Waals surface area (Å²) in [4.78, 5) is 0. The lowest BCUT2D eigenvalue weighted by Crippen LogP contribution is -2.23. The molecular formula is C15H23Cl2N. The maximum absolute atomic E-state index is 6.22. The average Bonchev–Trinajstić information content (AvgIpc) is 2.23. The van der Waals surface area contributed by atoms with Crippen LogP contribution in [0.5, 0.6) is 0 Å². The van der Waals surface area contributed by atoms with Crippen LogP contribution in [0, 0.1) is 11.8 Å². The Bertz CT molecular complexity index is 365. The van der Waals surface area contributed by atoms with Gasteiger partial charge in [0.1, 0.15) is 0 Å². The van der Waals surface area contributed by atoms with E-state index in [9.17, 15) is 0 Å². The summed E-state index contributed by atoms with van der Waals surface area (Å²) in [5.74, 6) is 1.33. The molecule has 0 radical (unpaired) electrons. The summed E-state index contributed by atoms with van der Waals surface area (Å²) < 4.78 is 0. The Morgan fingerprint density at radius 1 is 1.00 bits per heavy atom. The predicted octanol–water partition coefficient (Wildman–Crippen LogP) is 5.87. The van der Waals surface area contributed by atoms with Crippen molar-refractivity contribution in [3.63, 3.8) is 0 Å². The first-order chi connectivity index (χ1) is 8.40. The van der Waals surface area contributed by atoms with Crippen molar-refractivity contribution in [2.24, 2.45) is 11.8 Å². The van der Waals surface area contributed by atoms with Crippen molar-refractivity contribution >= 4 is 28.9 Å². The van der Waals surface area contributed by atoms with E-state index in [-0.39, 0.29) is 0 Å². The third kappa shape index (κ3) is 5.07. The third-order valence-electron chi connectivity index (χ3n) is 2.82. The molecule has 0 aliphatic rings. The molecule has 0 bridgehead atoms. The Hall–Kier alpha value is -0.400. The molecule has 1 nitrogen and oxygen atoms in total. The first-order valence-electron chi connectivity index (χ1n) is 6.60. The molecule has 102 valence electrons. The van der Waals surface area contributed by atoms with Crippen LogP contribution in [0.3, 0.4) is 0 Å². The van der Waals surface area contributed by atoms with Gasteiger partial charge in [0.2, 0.25) is 0 Å². The van der Waals surface area contributed by atoms with E-state index in [1.54, 1.807) is 0 Å². The normalized spacial score (nSPS) is 11.6. The van der Waals surface area contributed by atoms with E-state index in [0.29, 0.717) is 27.9 Å². The van der Waals surface area contributed by atoms with Crippen molar-refractivity contribution in [2.75, 3.05) is 5.32 Å². The maximum atomic E-state index is 6.22. The van der Waals surface area contributed by atoms with Crippen LogP contribution >= 0.6 is 23.2 Å². The van der Waals surface area contributed by atoms with E-state index in [1.165, 1.54) is 0 Å². The summed E-state index contributed by atoms with van der Waals surface area (Å²) >= 11 is 12.3. The number of halogens is 2. The molecule has 0 amide bonds. The van der Waals surface area contributed by atoms with Gasteiger partial charge in [-0.1, -0.05) is 57.0 Å². The Balaban J connectivity index is 2.78. The van der Waals surface area contributed by atoms with Crippen LogP contribution in [-0.2, 0) is 0 Å². The molecule has 3 heteroatoms. The molecule has 0 spiro atoms. The second kappa shape index (κ2) is 7.25. The van der Waals surface area contributed by atoms with Crippen LogP contribution in [0.15, 0.2) is 18.2 Å². The zero-order chi connectivity index (χ0) is 13.7. The van der Waals surface area contributed by atoms with Gasteiger partial charge >= 0.3 is 0 Å². The topological polar surface area (TPSA) is 12.0 Å². The highest BCUT2D eigenvalue weighted by Gasteiger charge is 2.14. The Kier molecular flexibility index (Phi) is 6.31. The van der Waals surface area contributed by atoms with Gasteiger partial charge in [0.25, 0.3) is 0 Å². The highest BCUT2D eigenvalue weighted by Crippen LogP contribution is 2.31. The van der Waals surface area contributed by atoms with Gasteiger partial charge in [0.15, 0.2) is 0 Å². The molecule has 0 aromatic heterocycles. The summed E-state index contributed by atoms with van der Waals surface area (Å²) in [6.45, 7) is 8.98. The quantitative estimate of drug-likeness (QED) is 0.690. The van der Waals surface area contributed by atoms with Crippen LogP contribution in [0.2, 0.25) is 10.0 Å². The van der Waals surface area contributed by atoms with Crippen molar-refractivity contribution < 1.29 is 0 Å². The number of benzene rings is 1. The largest absolute Gasteiger partial charge is 0.381 e. The lowest BCUT2D eigenvalue weighted by molar-refractivity contribution is 0.442. The minimum Gasteiger partial charge on any atom is -0.381 e. The number of hydrogen-bond donors (Lipinski definition) is 1. The molecule has 1 rings (SSSR count). The van der Waals surface area contributed by atoms with E-state index in [4.69, 9.17) is 23.2 Å². The van der Waals surface area contributed by atoms with Crippen LogP contribution in [-0.4, -0.2) is 6.04 Å². The van der Waals surface area contributed by atoms with Crippen molar-refractivity contribution in [3.05, 3.63) is 28.2 Å². The van der Waals surface area contributed by atoms with Crippen LogP contribution in [0.25, 0.3) is 0 Å². The lowest BCUT2D eigenvalue weighted by atomic mass is 9.95. The standard InChI is InChI=1S/C15H23Cl2N/c1-10(2)8-12(9-11(3)4)18-14-7-5-6-13(16)15(14)17/h5-7,10-12,18H,8-9H2,1-4H3. The van der Waals surface area contributed by atoms with E-state index >= 15 is 0 Å². The van der Waals surface area contributed by atoms with Gasteiger partial charge in [0.05, 0.1) is 15.7 Å². The summed E-state index contributed by atoms with van der Waals surface area (Å²) in [5, 5.41) is 4.76. The molecule has 0 aliphatic heterocycles. The molecule has 1 N–H and O–H groups in total. The van der Waals surface area contributed by atoms with Crippen molar-refractivity contribution in [1.29, 1.82) is 0 Å². The van der Waals surface area contributed by atoms with E-state index < -0.39 is 0 Å². The number of hydrogen-bond acceptors (Lipinski definition) is 1. The number of anilines is 1. The minimum atomic E-state index is 0.445. The molecule has 0 heterocycles. The summed E-state index contributed by atoms with van der Waals surface area (Å²) in [6, 6.07) is 6.18. The molecule has 0 saturated carbocycles. The Morgan fingerprint density at radius 3 is 2.06 bits per heavy atom. The van der Waals surface area contributed by atoms with Crippen LogP contribution < -0.4 is 5.32 Å². The van der Waals surface area contributed by atoms with Crippen molar-refractivity contribution in [2.45, 2.75) is 46.6 Å². The molecule has 0 aliphatic carbocycles. The van der Waals surface area contributed by atoms with Gasteiger partial charge in [-0.3, -0.25) is 0 Å². The van der Waals surface area contributed by atoms with Crippen LogP contribution in [0.4, 0.5) is 5.69 Å². The lowest BCUT2D eigenvalue weighted by Gasteiger charge is -2.24. The molecule has 0 saturated heterocycles. The fourth-order valence-corrected chi connectivity index (χ4v) is 2.54. The first-order valence-corrected chi connectivity index (χ1v) is 7.36. The fourth-order valence-electron chi connectivity index (χ4n) is 2.19. The summed E-state index contributed by atoms with van der Waals surface area (Å²) in [7, 11) is 0. The highest BCUT2D eigenvalue weighted by atomic mass is 35.5. The van der Waals surface area contributed by atoms with Crippen molar-refractivity contribution in [3.8, 4) is 0 Å². The molecular weight excluding hydrogens is 265 g/mol. The van der Waals surface area contributed by atoms with Gasteiger partial charge in [0, 0.05) is 6.04 Å². The van der Waals surface area contributed by atoms with Crippen molar-refractivity contribution in [1.82, 2.24) is 0 Å². The maximum Gasteiger partial charge on any atom is 0.0823 e. The first kappa shape index (κ1) is 15.7. The Morgan fingerprint density at radius 2 is 1.56 bits per heavy atom. The molecule has 1 aromatic rings. The van der Waals surface area contributed by atoms with Gasteiger partial charge in [-0.15, -0.1) is 0 Å². The highest BCUT2D eigenvalue weighted by molar-refractivity contribution is 6.43. The zero-order valence-electron chi connectivity index (χ0n) is 11.6. The second-order valence-electron chi connectivity index (χ2n) is 5.70. The van der Waals surface area contributed by atoms with Crippen LogP contribution in [0.1, 0.15) is 40.5 Å². The molecule has 18 heavy (non-hydrogen) atoms. The van der Waals surface area contributed by atoms with E-state index in [1.807, 2.05) is 18.2 Å². The molecule has 1 aromatic carbocycles. The summed E-state index contributed by atoms with van der Waals surface area (Å²) in [5.41, 5.74) is 0.940. The average molecular weight is 288 g/mol. The van der Waals surface area contributed by atoms with E-state index in [2.05, 4.69) is 33.0 Å². The van der Waals surface area contributed by atoms with E-state index in [0.717, 1.165) is 18.5 Å². The minimum absolute atomic E-state index is 0.445. The Labute approximate surface area is 121 Å². The summed E-state index contributed by atoms with van der Waals surface area (Å²) in [6.07, 6.45) is 2.28. The SMILES string of the molecule is CC(C)CC(CC(C)C)Nc1cccc(Cl)c1Cl. The molecule has 0 atom stereocenters.